The molecule has 88 valence electrons. The molecule has 3 rings (SSSR count). The lowest BCUT2D eigenvalue weighted by Gasteiger charge is -2.41. The summed E-state index contributed by atoms with van der Waals surface area (Å²) in [6, 6.07) is 7.97. The maximum Gasteiger partial charge on any atom is 0.163 e. The number of hydrogen-bond donors (Lipinski definition) is 0. The molecular weight excluding hydrogens is 212 g/mol. The van der Waals surface area contributed by atoms with Crippen molar-refractivity contribution in [3.05, 3.63) is 35.4 Å². The molecule has 2 nitrogen and oxygen atoms in total. The third-order valence-corrected chi connectivity index (χ3v) is 4.39. The van der Waals surface area contributed by atoms with Gasteiger partial charge in [0, 0.05) is 24.8 Å². The SMILES string of the molecule is O=C1CCC2(CC1)CCC(=O)c1ccccc12. The van der Waals surface area contributed by atoms with E-state index in [0.717, 1.165) is 24.8 Å². The molecular formula is C15H16O2. The Morgan fingerprint density at radius 3 is 2.29 bits per heavy atom. The van der Waals surface area contributed by atoms with E-state index in [4.69, 9.17) is 0 Å². The number of fused-ring (bicyclic) bond motifs is 2. The van der Waals surface area contributed by atoms with Crippen LogP contribution in [0.2, 0.25) is 0 Å². The molecule has 2 aliphatic carbocycles. The molecule has 0 N–H and O–H groups in total. The van der Waals surface area contributed by atoms with Gasteiger partial charge in [0.15, 0.2) is 5.78 Å². The van der Waals surface area contributed by atoms with Crippen molar-refractivity contribution in [2.24, 2.45) is 0 Å². The van der Waals surface area contributed by atoms with E-state index in [0.29, 0.717) is 25.0 Å². The molecule has 1 saturated carbocycles. The van der Waals surface area contributed by atoms with Gasteiger partial charge < -0.3 is 0 Å². The fraction of sp³-hybridized carbons (Fsp3) is 0.467. The minimum absolute atomic E-state index is 0.110. The molecule has 0 atom stereocenters. The summed E-state index contributed by atoms with van der Waals surface area (Å²) in [5.74, 6) is 0.646. The zero-order chi connectivity index (χ0) is 11.9. The molecule has 0 aromatic heterocycles. The number of carbonyl (C=O) groups excluding carboxylic acids is 2. The summed E-state index contributed by atoms with van der Waals surface area (Å²) in [5.41, 5.74) is 2.20. The zero-order valence-electron chi connectivity index (χ0n) is 9.87. The molecule has 1 spiro atoms. The van der Waals surface area contributed by atoms with Crippen molar-refractivity contribution >= 4 is 11.6 Å². The highest BCUT2D eigenvalue weighted by molar-refractivity contribution is 5.99. The van der Waals surface area contributed by atoms with Crippen LogP contribution in [0.15, 0.2) is 24.3 Å². The molecule has 1 fully saturated rings. The van der Waals surface area contributed by atoms with Crippen molar-refractivity contribution in [1.29, 1.82) is 0 Å². The quantitative estimate of drug-likeness (QED) is 0.684. The maximum absolute atomic E-state index is 11.9. The van der Waals surface area contributed by atoms with Crippen LogP contribution >= 0.6 is 0 Å². The topological polar surface area (TPSA) is 34.1 Å². The van der Waals surface area contributed by atoms with Gasteiger partial charge in [0.05, 0.1) is 0 Å². The van der Waals surface area contributed by atoms with E-state index in [1.54, 1.807) is 0 Å². The highest BCUT2D eigenvalue weighted by Gasteiger charge is 2.41. The van der Waals surface area contributed by atoms with Crippen molar-refractivity contribution in [3.8, 4) is 0 Å². The summed E-state index contributed by atoms with van der Waals surface area (Å²) < 4.78 is 0. The van der Waals surface area contributed by atoms with Gasteiger partial charge in [-0.2, -0.15) is 0 Å². The first-order valence-corrected chi connectivity index (χ1v) is 6.36. The summed E-state index contributed by atoms with van der Waals surface area (Å²) in [6.45, 7) is 0. The number of carbonyl (C=O) groups is 2. The van der Waals surface area contributed by atoms with Gasteiger partial charge in [-0.05, 0) is 30.2 Å². The summed E-state index contributed by atoms with van der Waals surface area (Å²) in [5, 5.41) is 0. The Morgan fingerprint density at radius 2 is 1.53 bits per heavy atom. The fourth-order valence-corrected chi connectivity index (χ4v) is 3.34. The van der Waals surface area contributed by atoms with Crippen molar-refractivity contribution in [2.45, 2.75) is 43.9 Å². The Kier molecular flexibility index (Phi) is 2.39. The largest absolute Gasteiger partial charge is 0.300 e. The Bertz CT molecular complexity index is 477. The molecule has 0 amide bonds. The van der Waals surface area contributed by atoms with E-state index in [9.17, 15) is 9.59 Å². The molecule has 0 aliphatic heterocycles. The second-order valence-corrected chi connectivity index (χ2v) is 5.29. The highest BCUT2D eigenvalue weighted by Crippen LogP contribution is 2.46. The first-order valence-electron chi connectivity index (χ1n) is 6.36. The van der Waals surface area contributed by atoms with E-state index < -0.39 is 0 Å². The Hall–Kier alpha value is -1.44. The monoisotopic (exact) mass is 228 g/mol. The van der Waals surface area contributed by atoms with Gasteiger partial charge in [0.2, 0.25) is 0 Å². The minimum Gasteiger partial charge on any atom is -0.300 e. The molecule has 2 aliphatic rings. The first-order chi connectivity index (χ1) is 8.21. The van der Waals surface area contributed by atoms with Crippen LogP contribution < -0.4 is 0 Å². The number of benzene rings is 1. The molecule has 0 heterocycles. The molecule has 0 saturated heterocycles. The molecule has 0 bridgehead atoms. The molecule has 2 heteroatoms. The molecule has 17 heavy (non-hydrogen) atoms. The molecule has 1 aromatic rings. The first kappa shape index (κ1) is 10.7. The highest BCUT2D eigenvalue weighted by atomic mass is 16.1. The van der Waals surface area contributed by atoms with Crippen LogP contribution in [0.4, 0.5) is 0 Å². The smallest absolute Gasteiger partial charge is 0.163 e. The second kappa shape index (κ2) is 3.80. The van der Waals surface area contributed by atoms with Crippen molar-refractivity contribution in [1.82, 2.24) is 0 Å². The van der Waals surface area contributed by atoms with E-state index in [2.05, 4.69) is 6.07 Å². The molecule has 1 aromatic carbocycles. The fourth-order valence-electron chi connectivity index (χ4n) is 3.34. The second-order valence-electron chi connectivity index (χ2n) is 5.29. The van der Waals surface area contributed by atoms with E-state index >= 15 is 0 Å². The van der Waals surface area contributed by atoms with E-state index in [-0.39, 0.29) is 11.2 Å². The normalized spacial score (nSPS) is 22.6. The predicted octanol–water partition coefficient (Wildman–Crippen LogP) is 3.04. The van der Waals surface area contributed by atoms with Gasteiger partial charge in [0.25, 0.3) is 0 Å². The minimum atomic E-state index is 0.110. The summed E-state index contributed by atoms with van der Waals surface area (Å²) in [4.78, 5) is 23.3. The average molecular weight is 228 g/mol. The van der Waals surface area contributed by atoms with Gasteiger partial charge in [-0.15, -0.1) is 0 Å². The van der Waals surface area contributed by atoms with Crippen molar-refractivity contribution in [2.75, 3.05) is 0 Å². The Balaban J connectivity index is 2.06. The standard InChI is InChI=1S/C15H16O2/c16-11-5-8-15(9-6-11)10-7-14(17)12-3-1-2-4-13(12)15/h1-4H,5-10H2. The lowest BCUT2D eigenvalue weighted by molar-refractivity contribution is -0.121. The van der Waals surface area contributed by atoms with Gasteiger partial charge in [-0.1, -0.05) is 24.3 Å². The molecule has 0 radical (unpaired) electrons. The van der Waals surface area contributed by atoms with Crippen LogP contribution in [0, 0.1) is 0 Å². The number of hydrogen-bond acceptors (Lipinski definition) is 2. The van der Waals surface area contributed by atoms with Crippen LogP contribution in [-0.2, 0) is 10.2 Å². The van der Waals surface area contributed by atoms with E-state index in [1.165, 1.54) is 5.56 Å². The number of rotatable bonds is 0. The van der Waals surface area contributed by atoms with Crippen LogP contribution in [0.25, 0.3) is 0 Å². The zero-order valence-corrected chi connectivity index (χ0v) is 9.87. The third-order valence-electron chi connectivity index (χ3n) is 4.39. The lowest BCUT2D eigenvalue weighted by atomic mass is 9.62. The third kappa shape index (κ3) is 1.63. The lowest BCUT2D eigenvalue weighted by Crippen LogP contribution is -2.37. The van der Waals surface area contributed by atoms with Crippen LogP contribution in [0.5, 0.6) is 0 Å². The van der Waals surface area contributed by atoms with Crippen LogP contribution in [-0.4, -0.2) is 11.6 Å². The van der Waals surface area contributed by atoms with E-state index in [1.807, 2.05) is 18.2 Å². The van der Waals surface area contributed by atoms with Crippen LogP contribution in [0.3, 0.4) is 0 Å². The summed E-state index contributed by atoms with van der Waals surface area (Å²) in [7, 11) is 0. The van der Waals surface area contributed by atoms with Crippen molar-refractivity contribution in [3.63, 3.8) is 0 Å². The maximum atomic E-state index is 11.9. The van der Waals surface area contributed by atoms with Gasteiger partial charge in [-0.25, -0.2) is 0 Å². The van der Waals surface area contributed by atoms with Gasteiger partial charge >= 0.3 is 0 Å². The number of ketones is 2. The van der Waals surface area contributed by atoms with Crippen molar-refractivity contribution < 1.29 is 9.59 Å². The Labute approximate surface area is 101 Å². The molecule has 0 unspecified atom stereocenters. The number of Topliss-reactive ketones (excluding diaryl/α,β-unsaturated/α-hetero) is 2. The van der Waals surface area contributed by atoms with Gasteiger partial charge in [-0.3, -0.25) is 9.59 Å². The van der Waals surface area contributed by atoms with Crippen LogP contribution in [0.1, 0.15) is 54.4 Å². The predicted molar refractivity (Wildman–Crippen MR) is 65.2 cm³/mol. The summed E-state index contributed by atoms with van der Waals surface area (Å²) >= 11 is 0. The van der Waals surface area contributed by atoms with Gasteiger partial charge in [0.1, 0.15) is 5.78 Å². The average Bonchev–Trinajstić information content (AvgIpc) is 2.38. The Morgan fingerprint density at radius 1 is 0.882 bits per heavy atom. The summed E-state index contributed by atoms with van der Waals surface area (Å²) in [6.07, 6.45) is 4.79.